The van der Waals surface area contributed by atoms with E-state index in [0.717, 1.165) is 68.3 Å². The molecule has 3 aromatic rings. The average Bonchev–Trinajstić information content (AvgIpc) is 3.31. The fourth-order valence-electron chi connectivity index (χ4n) is 5.66. The number of nitrogens with zero attached hydrogens (tertiary/aromatic N) is 3. The smallest absolute Gasteiger partial charge is 0.224 e. The fraction of sp³-hybridized carbons (Fsp3) is 0.517. The normalized spacial score (nSPS) is 19.8. The van der Waals surface area contributed by atoms with Gasteiger partial charge < -0.3 is 20.1 Å². The van der Waals surface area contributed by atoms with Crippen molar-refractivity contribution >= 4 is 22.9 Å². The molecule has 6 nitrogen and oxygen atoms in total. The van der Waals surface area contributed by atoms with Gasteiger partial charge >= 0.3 is 0 Å². The summed E-state index contributed by atoms with van der Waals surface area (Å²) in [6.45, 7) is 7.98. The molecule has 1 aromatic heterocycles. The Labute approximate surface area is 209 Å². The Morgan fingerprint density at radius 1 is 1.09 bits per heavy atom. The maximum absolute atomic E-state index is 12.9. The van der Waals surface area contributed by atoms with Crippen LogP contribution in [0.4, 0.5) is 5.95 Å². The third-order valence-corrected chi connectivity index (χ3v) is 7.74. The number of likely N-dealkylation sites (tertiary alicyclic amines) is 1. The molecule has 2 N–H and O–H groups in total. The quantitative estimate of drug-likeness (QED) is 0.471. The number of fused-ring (bicyclic) bond motifs is 1. The lowest BCUT2D eigenvalue weighted by molar-refractivity contribution is -0.125. The van der Waals surface area contributed by atoms with Crippen LogP contribution in [0.2, 0.25) is 0 Å². The molecule has 35 heavy (non-hydrogen) atoms. The maximum Gasteiger partial charge on any atom is 0.224 e. The molecule has 5 rings (SSSR count). The summed E-state index contributed by atoms with van der Waals surface area (Å²) >= 11 is 0. The Bertz CT molecular complexity index is 1100. The number of anilines is 1. The molecule has 2 aliphatic heterocycles. The number of aromatic amines is 1. The van der Waals surface area contributed by atoms with E-state index in [1.807, 2.05) is 0 Å². The summed E-state index contributed by atoms with van der Waals surface area (Å²) in [6.07, 6.45) is 6.76. The van der Waals surface area contributed by atoms with Crippen molar-refractivity contribution in [3.63, 3.8) is 0 Å². The minimum Gasteiger partial charge on any atom is -0.356 e. The van der Waals surface area contributed by atoms with Gasteiger partial charge in [-0.1, -0.05) is 36.4 Å². The van der Waals surface area contributed by atoms with Crippen LogP contribution in [0.1, 0.15) is 43.2 Å². The lowest BCUT2D eigenvalue weighted by atomic mass is 9.90. The second kappa shape index (κ2) is 11.3. The van der Waals surface area contributed by atoms with Crippen molar-refractivity contribution in [2.75, 3.05) is 44.2 Å². The van der Waals surface area contributed by atoms with E-state index >= 15 is 0 Å². The van der Waals surface area contributed by atoms with E-state index in [9.17, 15) is 4.79 Å². The number of benzene rings is 2. The molecule has 0 radical (unpaired) electrons. The highest BCUT2D eigenvalue weighted by Gasteiger charge is 2.27. The van der Waals surface area contributed by atoms with Crippen molar-refractivity contribution < 1.29 is 4.79 Å². The van der Waals surface area contributed by atoms with Crippen LogP contribution in [0.15, 0.2) is 48.5 Å². The molecule has 0 unspecified atom stereocenters. The number of aromatic nitrogens is 2. The number of piperidine rings is 2. The van der Waals surface area contributed by atoms with Crippen LogP contribution in [0.3, 0.4) is 0 Å². The Balaban J connectivity index is 1.02. The SMILES string of the molecule is Cc1ccc2nc(N3CCC[C@@H](C(=O)NCCCN4CCC(Cc5ccccc5)CC4)C3)[nH]c2c1. The minimum atomic E-state index is 0.0347. The Kier molecular flexibility index (Phi) is 7.67. The van der Waals surface area contributed by atoms with Crippen molar-refractivity contribution in [2.45, 2.75) is 45.4 Å². The van der Waals surface area contributed by atoms with E-state index in [-0.39, 0.29) is 11.8 Å². The Morgan fingerprint density at radius 2 is 1.91 bits per heavy atom. The molecule has 2 fully saturated rings. The van der Waals surface area contributed by atoms with Crippen LogP contribution in [0.25, 0.3) is 11.0 Å². The molecule has 186 valence electrons. The monoisotopic (exact) mass is 473 g/mol. The summed E-state index contributed by atoms with van der Waals surface area (Å²) < 4.78 is 0. The third-order valence-electron chi connectivity index (χ3n) is 7.74. The number of amides is 1. The van der Waals surface area contributed by atoms with Crippen molar-refractivity contribution in [3.05, 3.63) is 59.7 Å². The van der Waals surface area contributed by atoms with Crippen molar-refractivity contribution in [3.8, 4) is 0 Å². The molecule has 1 atom stereocenters. The zero-order chi connectivity index (χ0) is 24.0. The van der Waals surface area contributed by atoms with Crippen molar-refractivity contribution in [1.29, 1.82) is 0 Å². The van der Waals surface area contributed by atoms with Gasteiger partial charge in [-0.25, -0.2) is 4.98 Å². The van der Waals surface area contributed by atoms with Crippen LogP contribution in [-0.2, 0) is 11.2 Å². The van der Waals surface area contributed by atoms with E-state index in [0.29, 0.717) is 0 Å². The van der Waals surface area contributed by atoms with Gasteiger partial charge in [0.1, 0.15) is 0 Å². The van der Waals surface area contributed by atoms with Crippen LogP contribution < -0.4 is 10.2 Å². The van der Waals surface area contributed by atoms with E-state index in [1.54, 1.807) is 0 Å². The van der Waals surface area contributed by atoms with E-state index in [1.165, 1.54) is 43.5 Å². The largest absolute Gasteiger partial charge is 0.356 e. The van der Waals surface area contributed by atoms with Crippen LogP contribution in [-0.4, -0.2) is 60.0 Å². The van der Waals surface area contributed by atoms with Gasteiger partial charge in [-0.2, -0.15) is 0 Å². The molecule has 1 amide bonds. The first-order chi connectivity index (χ1) is 17.1. The third kappa shape index (κ3) is 6.23. The van der Waals surface area contributed by atoms with Gasteiger partial charge in [-0.15, -0.1) is 0 Å². The highest BCUT2D eigenvalue weighted by molar-refractivity contribution is 5.80. The predicted octanol–water partition coefficient (Wildman–Crippen LogP) is 4.55. The zero-order valence-corrected chi connectivity index (χ0v) is 21.0. The molecular weight excluding hydrogens is 434 g/mol. The molecule has 0 aliphatic carbocycles. The number of imidazole rings is 1. The number of hydrogen-bond acceptors (Lipinski definition) is 4. The number of nitrogens with one attached hydrogen (secondary N) is 2. The van der Waals surface area contributed by atoms with Gasteiger partial charge in [-0.3, -0.25) is 4.79 Å². The van der Waals surface area contributed by atoms with Crippen molar-refractivity contribution in [1.82, 2.24) is 20.2 Å². The highest BCUT2D eigenvalue weighted by Crippen LogP contribution is 2.25. The summed E-state index contributed by atoms with van der Waals surface area (Å²) in [5.41, 5.74) is 4.74. The lowest BCUT2D eigenvalue weighted by Crippen LogP contribution is -2.44. The summed E-state index contributed by atoms with van der Waals surface area (Å²) in [5.74, 6) is 1.92. The summed E-state index contributed by atoms with van der Waals surface area (Å²) in [7, 11) is 0. The maximum atomic E-state index is 12.9. The number of rotatable bonds is 8. The average molecular weight is 474 g/mol. The fourth-order valence-corrected chi connectivity index (χ4v) is 5.66. The molecule has 2 saturated heterocycles. The Hall–Kier alpha value is -2.86. The predicted molar refractivity (Wildman–Crippen MR) is 143 cm³/mol. The van der Waals surface area contributed by atoms with Gasteiger partial charge in [0.05, 0.1) is 17.0 Å². The van der Waals surface area contributed by atoms with Gasteiger partial charge in [-0.05, 0) is 94.3 Å². The number of aryl methyl sites for hydroxylation is 1. The first kappa shape index (κ1) is 23.9. The molecular formula is C29H39N5O. The van der Waals surface area contributed by atoms with E-state index in [2.05, 4.69) is 75.6 Å². The summed E-state index contributed by atoms with van der Waals surface area (Å²) in [6, 6.07) is 17.2. The van der Waals surface area contributed by atoms with E-state index < -0.39 is 0 Å². The summed E-state index contributed by atoms with van der Waals surface area (Å²) in [5, 5.41) is 3.22. The first-order valence-electron chi connectivity index (χ1n) is 13.4. The second-order valence-corrected chi connectivity index (χ2v) is 10.5. The first-order valence-corrected chi connectivity index (χ1v) is 13.4. The number of H-pyrrole nitrogens is 1. The molecule has 0 bridgehead atoms. The lowest BCUT2D eigenvalue weighted by Gasteiger charge is -2.32. The minimum absolute atomic E-state index is 0.0347. The highest BCUT2D eigenvalue weighted by atomic mass is 16.1. The standard InChI is InChI=1S/C29H39N5O/c1-22-10-11-26-27(19-22)32-29(31-26)34-16-5-9-25(21-34)28(35)30-14-6-15-33-17-12-24(13-18-33)20-23-7-3-2-4-8-23/h2-4,7-8,10-11,19,24-25H,5-6,9,12-18,20-21H2,1H3,(H,30,35)(H,31,32)/t25-/m1/s1. The molecule has 0 saturated carbocycles. The van der Waals surface area contributed by atoms with Crippen LogP contribution >= 0.6 is 0 Å². The van der Waals surface area contributed by atoms with E-state index in [4.69, 9.17) is 4.98 Å². The topological polar surface area (TPSA) is 64.3 Å². The van der Waals surface area contributed by atoms with Gasteiger partial charge in [0.2, 0.25) is 11.9 Å². The number of carbonyl (C=O) groups is 1. The molecule has 6 heteroatoms. The molecule has 2 aromatic carbocycles. The van der Waals surface area contributed by atoms with Crippen LogP contribution in [0.5, 0.6) is 0 Å². The summed E-state index contributed by atoms with van der Waals surface area (Å²) in [4.78, 5) is 25.9. The number of hydrogen-bond donors (Lipinski definition) is 2. The van der Waals surface area contributed by atoms with Gasteiger partial charge in [0.25, 0.3) is 0 Å². The van der Waals surface area contributed by atoms with Crippen molar-refractivity contribution in [2.24, 2.45) is 11.8 Å². The molecule has 2 aliphatic rings. The zero-order valence-electron chi connectivity index (χ0n) is 21.0. The van der Waals surface area contributed by atoms with Gasteiger partial charge in [0.15, 0.2) is 0 Å². The molecule has 0 spiro atoms. The Morgan fingerprint density at radius 3 is 2.74 bits per heavy atom. The molecule has 3 heterocycles. The van der Waals surface area contributed by atoms with Gasteiger partial charge in [0, 0.05) is 19.6 Å². The van der Waals surface area contributed by atoms with Crippen LogP contribution in [0, 0.1) is 18.8 Å². The second-order valence-electron chi connectivity index (χ2n) is 10.5. The number of carbonyl (C=O) groups excluding carboxylic acids is 1.